The molecule has 4 aromatic heterocycles. The minimum Gasteiger partial charge on any atom is -0.364 e. The Labute approximate surface area is 203 Å². The number of piperazine rings is 1. The zero-order chi connectivity index (χ0) is 24.5. The van der Waals surface area contributed by atoms with Crippen molar-refractivity contribution >= 4 is 22.8 Å². The van der Waals surface area contributed by atoms with Gasteiger partial charge in [-0.25, -0.2) is 19.9 Å². The van der Waals surface area contributed by atoms with Gasteiger partial charge in [0, 0.05) is 61.8 Å². The molecule has 5 rings (SSSR count). The lowest BCUT2D eigenvalue weighted by Gasteiger charge is -2.28. The number of nitrogens with one attached hydrogen (secondary N) is 3. The highest BCUT2D eigenvalue weighted by Gasteiger charge is 2.18. The van der Waals surface area contributed by atoms with Crippen molar-refractivity contribution in [3.05, 3.63) is 57.9 Å². The van der Waals surface area contributed by atoms with Gasteiger partial charge < -0.3 is 25.1 Å². The SMILES string of the molecule is Cc1cc(C)c(CNc2nc(-c3ccc(N4CCNCC4)nc3)nc3c2ncn3C(C)C)c(=O)[nH]1. The highest BCUT2D eigenvalue weighted by atomic mass is 16.1. The van der Waals surface area contributed by atoms with Crippen LogP contribution >= 0.6 is 0 Å². The molecule has 0 aliphatic carbocycles. The molecule has 10 heteroatoms. The van der Waals surface area contributed by atoms with Crippen molar-refractivity contribution in [3.63, 3.8) is 0 Å². The molecule has 1 fully saturated rings. The first-order valence-corrected chi connectivity index (χ1v) is 12.0. The molecule has 4 aromatic rings. The number of pyridine rings is 2. The van der Waals surface area contributed by atoms with Gasteiger partial charge in [0.25, 0.3) is 5.56 Å². The first-order valence-electron chi connectivity index (χ1n) is 12.0. The molecule has 0 saturated carbocycles. The summed E-state index contributed by atoms with van der Waals surface area (Å²) in [6, 6.07) is 6.20. The van der Waals surface area contributed by atoms with E-state index < -0.39 is 0 Å². The number of fused-ring (bicyclic) bond motifs is 1. The molecule has 0 unspecified atom stereocenters. The summed E-state index contributed by atoms with van der Waals surface area (Å²) in [5.41, 5.74) is 4.60. The van der Waals surface area contributed by atoms with Crippen molar-refractivity contribution in [3.8, 4) is 11.4 Å². The number of aryl methyl sites for hydroxylation is 2. The van der Waals surface area contributed by atoms with Crippen LogP contribution in [0.1, 0.15) is 36.7 Å². The lowest BCUT2D eigenvalue weighted by molar-refractivity contribution is 0.585. The van der Waals surface area contributed by atoms with Crippen molar-refractivity contribution in [1.29, 1.82) is 0 Å². The minimum atomic E-state index is -0.0964. The quantitative estimate of drug-likeness (QED) is 0.391. The maximum Gasteiger partial charge on any atom is 0.253 e. The van der Waals surface area contributed by atoms with Crippen LogP contribution in [0.25, 0.3) is 22.6 Å². The molecule has 0 aromatic carbocycles. The summed E-state index contributed by atoms with van der Waals surface area (Å²) in [7, 11) is 0. The molecule has 1 aliphatic heterocycles. The molecule has 0 bridgehead atoms. The van der Waals surface area contributed by atoms with Crippen LogP contribution in [0.4, 0.5) is 11.6 Å². The summed E-state index contributed by atoms with van der Waals surface area (Å²) in [6.07, 6.45) is 3.61. The van der Waals surface area contributed by atoms with Crippen molar-refractivity contribution in [2.45, 2.75) is 40.3 Å². The van der Waals surface area contributed by atoms with Crippen molar-refractivity contribution in [2.24, 2.45) is 0 Å². The van der Waals surface area contributed by atoms with Gasteiger partial charge >= 0.3 is 0 Å². The van der Waals surface area contributed by atoms with E-state index >= 15 is 0 Å². The summed E-state index contributed by atoms with van der Waals surface area (Å²) in [5, 5.41) is 6.71. The van der Waals surface area contributed by atoms with Gasteiger partial charge in [-0.05, 0) is 51.5 Å². The van der Waals surface area contributed by atoms with E-state index in [4.69, 9.17) is 9.97 Å². The molecule has 0 radical (unpaired) electrons. The Balaban J connectivity index is 1.51. The number of aromatic nitrogens is 6. The molecule has 0 atom stereocenters. The molecular formula is C25H31N9O. The second-order valence-electron chi connectivity index (χ2n) is 9.25. The molecule has 0 amide bonds. The van der Waals surface area contributed by atoms with Gasteiger partial charge in [-0.1, -0.05) is 0 Å². The van der Waals surface area contributed by atoms with Crippen LogP contribution in [0.2, 0.25) is 0 Å². The molecule has 35 heavy (non-hydrogen) atoms. The highest BCUT2D eigenvalue weighted by molar-refractivity contribution is 5.85. The largest absolute Gasteiger partial charge is 0.364 e. The zero-order valence-electron chi connectivity index (χ0n) is 20.6. The third kappa shape index (κ3) is 4.61. The van der Waals surface area contributed by atoms with Crippen LogP contribution in [-0.2, 0) is 6.54 Å². The minimum absolute atomic E-state index is 0.0964. The Morgan fingerprint density at radius 2 is 1.91 bits per heavy atom. The predicted molar refractivity (Wildman–Crippen MR) is 138 cm³/mol. The number of imidazole rings is 1. The fourth-order valence-corrected chi connectivity index (χ4v) is 4.42. The molecular weight excluding hydrogens is 442 g/mol. The lowest BCUT2D eigenvalue weighted by Crippen LogP contribution is -2.43. The maximum absolute atomic E-state index is 12.5. The van der Waals surface area contributed by atoms with E-state index in [2.05, 4.69) is 44.3 Å². The number of anilines is 2. The van der Waals surface area contributed by atoms with E-state index in [1.807, 2.05) is 42.8 Å². The summed E-state index contributed by atoms with van der Waals surface area (Å²) in [6.45, 7) is 12.1. The van der Waals surface area contributed by atoms with E-state index in [0.717, 1.165) is 54.5 Å². The van der Waals surface area contributed by atoms with Crippen molar-refractivity contribution in [2.75, 3.05) is 36.4 Å². The van der Waals surface area contributed by atoms with Crippen LogP contribution in [0, 0.1) is 13.8 Å². The third-order valence-corrected chi connectivity index (χ3v) is 6.35. The monoisotopic (exact) mass is 473 g/mol. The Morgan fingerprint density at radius 1 is 1.11 bits per heavy atom. The second-order valence-corrected chi connectivity index (χ2v) is 9.25. The first-order chi connectivity index (χ1) is 16.9. The average Bonchev–Trinajstić information content (AvgIpc) is 3.28. The van der Waals surface area contributed by atoms with Crippen LogP contribution < -0.4 is 21.1 Å². The zero-order valence-corrected chi connectivity index (χ0v) is 20.6. The Morgan fingerprint density at radius 3 is 2.60 bits per heavy atom. The molecule has 5 heterocycles. The second kappa shape index (κ2) is 9.46. The van der Waals surface area contributed by atoms with Crippen LogP contribution in [0.5, 0.6) is 0 Å². The van der Waals surface area contributed by atoms with Crippen LogP contribution in [-0.4, -0.2) is 55.7 Å². The molecule has 10 nitrogen and oxygen atoms in total. The predicted octanol–water partition coefficient (Wildman–Crippen LogP) is 2.80. The van der Waals surface area contributed by atoms with Gasteiger partial charge in [-0.15, -0.1) is 0 Å². The van der Waals surface area contributed by atoms with Crippen molar-refractivity contribution < 1.29 is 0 Å². The number of aromatic amines is 1. The Kier molecular flexibility index (Phi) is 6.21. The van der Waals surface area contributed by atoms with Crippen LogP contribution in [0.3, 0.4) is 0 Å². The van der Waals surface area contributed by atoms with E-state index in [0.29, 0.717) is 29.3 Å². The fourth-order valence-electron chi connectivity index (χ4n) is 4.42. The van der Waals surface area contributed by atoms with Crippen LogP contribution in [0.15, 0.2) is 35.5 Å². The number of nitrogens with zero attached hydrogens (tertiary/aromatic N) is 6. The van der Waals surface area contributed by atoms with Gasteiger partial charge in [0.15, 0.2) is 17.3 Å². The molecule has 0 spiro atoms. The molecule has 182 valence electrons. The summed E-state index contributed by atoms with van der Waals surface area (Å²) >= 11 is 0. The van der Waals surface area contributed by atoms with E-state index in [1.165, 1.54) is 0 Å². The normalized spacial score (nSPS) is 14.1. The maximum atomic E-state index is 12.5. The van der Waals surface area contributed by atoms with Gasteiger partial charge in [-0.3, -0.25) is 4.79 Å². The van der Waals surface area contributed by atoms with Crippen molar-refractivity contribution in [1.82, 2.24) is 34.8 Å². The third-order valence-electron chi connectivity index (χ3n) is 6.35. The van der Waals surface area contributed by atoms with Gasteiger partial charge in [0.1, 0.15) is 11.3 Å². The lowest BCUT2D eigenvalue weighted by atomic mass is 10.1. The molecule has 1 saturated heterocycles. The number of H-pyrrole nitrogens is 1. The summed E-state index contributed by atoms with van der Waals surface area (Å²) < 4.78 is 2.03. The summed E-state index contributed by atoms with van der Waals surface area (Å²) in [4.78, 5) is 36.6. The van der Waals surface area contributed by atoms with E-state index in [-0.39, 0.29) is 11.6 Å². The van der Waals surface area contributed by atoms with E-state index in [9.17, 15) is 4.79 Å². The Hall–Kier alpha value is -3.79. The van der Waals surface area contributed by atoms with E-state index in [1.54, 1.807) is 6.33 Å². The first kappa shape index (κ1) is 23.0. The number of hydrogen-bond donors (Lipinski definition) is 3. The average molecular weight is 474 g/mol. The number of hydrogen-bond acceptors (Lipinski definition) is 8. The molecule has 3 N–H and O–H groups in total. The standard InChI is InChI=1S/C25H31N9O/c1-15(2)34-14-29-21-23(28-13-19-16(3)11-17(4)30-25(19)35)31-22(32-24(21)34)18-5-6-20(27-12-18)33-9-7-26-8-10-33/h5-6,11-12,14-15,26H,7-10,13H2,1-4H3,(H,30,35)(H,28,31,32). The summed E-state index contributed by atoms with van der Waals surface area (Å²) in [5.74, 6) is 2.11. The Bertz CT molecular complexity index is 1400. The smallest absolute Gasteiger partial charge is 0.253 e. The highest BCUT2D eigenvalue weighted by Crippen LogP contribution is 2.27. The van der Waals surface area contributed by atoms with Gasteiger partial charge in [0.2, 0.25) is 0 Å². The fraction of sp³-hybridized carbons (Fsp3) is 0.400. The van der Waals surface area contributed by atoms with Gasteiger partial charge in [0.05, 0.1) is 6.33 Å². The van der Waals surface area contributed by atoms with Gasteiger partial charge in [-0.2, -0.15) is 0 Å². The molecule has 1 aliphatic rings. The topological polar surface area (TPSA) is 117 Å². The number of rotatable bonds is 6.